The van der Waals surface area contributed by atoms with Crippen molar-refractivity contribution in [3.05, 3.63) is 36.0 Å². The van der Waals surface area contributed by atoms with Crippen LogP contribution in [0.1, 0.15) is 64.9 Å². The minimum atomic E-state index is -0.923. The highest BCUT2D eigenvalue weighted by atomic mass is 17.3. The number of amides is 1. The zero-order chi connectivity index (χ0) is 29.6. The Kier molecular flexibility index (Phi) is 7.80. The third kappa shape index (κ3) is 5.10. The monoisotopic (exact) mass is 584 g/mol. The number of aromatic nitrogens is 1. The molecule has 1 spiro atoms. The van der Waals surface area contributed by atoms with E-state index in [0.29, 0.717) is 12.3 Å². The molecule has 5 heterocycles. The third-order valence-electron chi connectivity index (χ3n) is 9.82. The molecule has 2 unspecified atom stereocenters. The summed E-state index contributed by atoms with van der Waals surface area (Å²) in [6.45, 7) is 6.09. The second kappa shape index (κ2) is 11.3. The highest BCUT2D eigenvalue weighted by Gasteiger charge is 2.69. The van der Waals surface area contributed by atoms with Gasteiger partial charge in [-0.15, -0.1) is 0 Å². The number of ether oxygens (including phenoxy) is 4. The maximum Gasteiger partial charge on any atom is 0.328 e. The van der Waals surface area contributed by atoms with Gasteiger partial charge in [-0.1, -0.05) is 32.0 Å². The summed E-state index contributed by atoms with van der Waals surface area (Å²) in [5.74, 6) is -2.01. The Bertz CT molecular complexity index is 1340. The van der Waals surface area contributed by atoms with Gasteiger partial charge in [-0.2, -0.15) is 0 Å². The van der Waals surface area contributed by atoms with Crippen molar-refractivity contribution in [2.45, 2.75) is 95.7 Å². The Morgan fingerprint density at radius 1 is 1.10 bits per heavy atom. The number of rotatable bonds is 8. The molecule has 11 nitrogen and oxygen atoms in total. The largest absolute Gasteiger partial charge is 0.467 e. The van der Waals surface area contributed by atoms with E-state index < -0.39 is 47.9 Å². The normalized spacial score (nSPS) is 36.0. The van der Waals surface area contributed by atoms with Crippen LogP contribution in [-0.4, -0.2) is 59.9 Å². The molecule has 1 aliphatic carbocycles. The van der Waals surface area contributed by atoms with E-state index in [2.05, 4.69) is 17.2 Å². The summed E-state index contributed by atoms with van der Waals surface area (Å²) in [5.41, 5.74) is 1.06. The number of esters is 2. The predicted molar refractivity (Wildman–Crippen MR) is 148 cm³/mol. The van der Waals surface area contributed by atoms with Crippen molar-refractivity contribution in [2.75, 3.05) is 7.11 Å². The number of carbonyl (C=O) groups is 3. The first-order chi connectivity index (χ1) is 20.1. The zero-order valence-corrected chi connectivity index (χ0v) is 24.6. The lowest BCUT2D eigenvalue weighted by atomic mass is 9.58. The first-order valence-electron chi connectivity index (χ1n) is 15.0. The van der Waals surface area contributed by atoms with Crippen molar-refractivity contribution < 1.29 is 43.1 Å². The highest BCUT2D eigenvalue weighted by Crippen LogP contribution is 2.60. The summed E-state index contributed by atoms with van der Waals surface area (Å²) in [6, 6.07) is 6.81. The number of hydrogen-bond donors (Lipinski definition) is 2. The Labute approximate surface area is 244 Å². The molecule has 5 fully saturated rings. The van der Waals surface area contributed by atoms with Crippen molar-refractivity contribution in [3.8, 4) is 0 Å². The summed E-state index contributed by atoms with van der Waals surface area (Å²) in [6.07, 6.45) is 3.70. The lowest BCUT2D eigenvalue weighted by Crippen LogP contribution is -2.70. The molecule has 42 heavy (non-hydrogen) atoms. The Balaban J connectivity index is 1.07. The van der Waals surface area contributed by atoms with Gasteiger partial charge in [0.25, 0.3) is 0 Å². The molecular weight excluding hydrogens is 544 g/mol. The number of fused-ring (bicyclic) bond motifs is 3. The zero-order valence-electron chi connectivity index (χ0n) is 24.6. The average Bonchev–Trinajstić information content (AvgIpc) is 3.24. The number of hydrogen-bond acceptors (Lipinski definition) is 9. The second-order valence-corrected chi connectivity index (χ2v) is 12.5. The van der Waals surface area contributed by atoms with Gasteiger partial charge in [-0.25, -0.2) is 14.6 Å². The molecule has 4 aliphatic heterocycles. The van der Waals surface area contributed by atoms with E-state index >= 15 is 0 Å². The topological polar surface area (TPSA) is 134 Å². The molecule has 7 rings (SSSR count). The van der Waals surface area contributed by atoms with Gasteiger partial charge >= 0.3 is 11.9 Å². The maximum absolute atomic E-state index is 12.9. The number of H-pyrrole nitrogens is 1. The van der Waals surface area contributed by atoms with Crippen LogP contribution in [0, 0.1) is 23.7 Å². The SMILES string of the molecule is COC(=O)C(Cc1c[nH]c2ccccc12)NC(=O)CCC(=O)O[C@@H]1O[C@@H]2O[C@]3(C)CC[C@H]4[C@H](C)CC[C@@H]([C@H]1C)C24OO3. The van der Waals surface area contributed by atoms with E-state index in [4.69, 9.17) is 28.7 Å². The molecule has 0 radical (unpaired) electrons. The summed E-state index contributed by atoms with van der Waals surface area (Å²) in [4.78, 5) is 53.4. The van der Waals surface area contributed by atoms with Gasteiger partial charge in [0, 0.05) is 48.2 Å². The van der Waals surface area contributed by atoms with Crippen molar-refractivity contribution in [1.82, 2.24) is 10.3 Å². The van der Waals surface area contributed by atoms with Gasteiger partial charge in [0.05, 0.1) is 13.5 Å². The summed E-state index contributed by atoms with van der Waals surface area (Å²) < 4.78 is 23.3. The molecule has 1 saturated carbocycles. The van der Waals surface area contributed by atoms with Gasteiger partial charge < -0.3 is 29.2 Å². The van der Waals surface area contributed by atoms with Gasteiger partial charge in [0.15, 0.2) is 11.9 Å². The fourth-order valence-electron chi connectivity index (χ4n) is 7.53. The molecule has 2 N–H and O–H groups in total. The highest BCUT2D eigenvalue weighted by molar-refractivity contribution is 5.88. The van der Waals surface area contributed by atoms with E-state index in [1.54, 1.807) is 0 Å². The van der Waals surface area contributed by atoms with Crippen LogP contribution in [0.4, 0.5) is 0 Å². The number of nitrogens with one attached hydrogen (secondary N) is 2. The van der Waals surface area contributed by atoms with Crippen molar-refractivity contribution in [3.63, 3.8) is 0 Å². The lowest BCUT2D eigenvalue weighted by molar-refractivity contribution is -0.576. The van der Waals surface area contributed by atoms with Crippen molar-refractivity contribution in [1.29, 1.82) is 0 Å². The van der Waals surface area contributed by atoms with Crippen LogP contribution in [0.5, 0.6) is 0 Å². The van der Waals surface area contributed by atoms with Crippen LogP contribution in [0.15, 0.2) is 30.5 Å². The Hall–Kier alpha value is -2.99. The molecule has 4 saturated heterocycles. The predicted octanol–water partition coefficient (Wildman–Crippen LogP) is 3.90. The molecule has 11 heteroatoms. The van der Waals surface area contributed by atoms with E-state index in [9.17, 15) is 14.4 Å². The van der Waals surface area contributed by atoms with E-state index in [0.717, 1.165) is 35.7 Å². The molecular formula is C31H40N2O9. The molecule has 1 aromatic carbocycles. The maximum atomic E-state index is 12.9. The molecule has 1 aromatic heterocycles. The van der Waals surface area contributed by atoms with Crippen LogP contribution in [0.25, 0.3) is 10.9 Å². The fourth-order valence-corrected chi connectivity index (χ4v) is 7.53. The minimum Gasteiger partial charge on any atom is -0.467 e. The van der Waals surface area contributed by atoms with Gasteiger partial charge in [-0.05, 0) is 49.7 Å². The van der Waals surface area contributed by atoms with E-state index in [1.165, 1.54) is 7.11 Å². The molecule has 5 aliphatic rings. The first kappa shape index (κ1) is 29.1. The minimum absolute atomic E-state index is 0.0199. The van der Waals surface area contributed by atoms with E-state index in [-0.39, 0.29) is 37.0 Å². The number of aromatic amines is 1. The number of methoxy groups -OCH3 is 1. The summed E-state index contributed by atoms with van der Waals surface area (Å²) >= 11 is 0. The number of para-hydroxylation sites is 1. The second-order valence-electron chi connectivity index (χ2n) is 12.5. The van der Waals surface area contributed by atoms with Crippen molar-refractivity contribution >= 4 is 28.7 Å². The standard InChI is InChI=1S/C31H40N2O9/c1-17-9-10-22-18(2)28(39-29-31(22)21(17)13-14-30(3,40-29)41-42-31)38-26(35)12-11-25(34)33-24(27(36)37-4)15-19-16-32-23-8-6-5-7-20(19)23/h5-8,16-18,21-22,24,28-29,32H,9-15H2,1-4H3,(H,33,34)/t17-,18-,21+,22+,24?,28-,29-,30+,31?/m1/s1. The van der Waals surface area contributed by atoms with Gasteiger partial charge in [0.2, 0.25) is 18.0 Å². The quantitative estimate of drug-likeness (QED) is 0.350. The lowest BCUT2D eigenvalue weighted by Gasteiger charge is -2.59. The first-order valence-corrected chi connectivity index (χ1v) is 15.0. The summed E-state index contributed by atoms with van der Waals surface area (Å²) in [5, 5.41) is 3.68. The smallest absolute Gasteiger partial charge is 0.328 e. The summed E-state index contributed by atoms with van der Waals surface area (Å²) in [7, 11) is 1.28. The fraction of sp³-hybridized carbons (Fsp3) is 0.645. The Morgan fingerprint density at radius 3 is 2.71 bits per heavy atom. The molecule has 9 atom stereocenters. The van der Waals surface area contributed by atoms with Gasteiger partial charge in [0.1, 0.15) is 6.04 Å². The van der Waals surface area contributed by atoms with Crippen LogP contribution < -0.4 is 5.32 Å². The molecule has 228 valence electrons. The number of carbonyl (C=O) groups excluding carboxylic acids is 3. The van der Waals surface area contributed by atoms with Crippen LogP contribution in [-0.2, 0) is 49.5 Å². The van der Waals surface area contributed by atoms with Crippen LogP contribution in [0.3, 0.4) is 0 Å². The van der Waals surface area contributed by atoms with Crippen molar-refractivity contribution in [2.24, 2.45) is 23.7 Å². The number of benzene rings is 1. The third-order valence-corrected chi connectivity index (χ3v) is 9.82. The van der Waals surface area contributed by atoms with Gasteiger partial charge in [-0.3, -0.25) is 9.59 Å². The van der Waals surface area contributed by atoms with E-state index in [1.807, 2.05) is 44.3 Å². The molecule has 1 amide bonds. The average molecular weight is 585 g/mol. The molecule has 2 bridgehead atoms. The van der Waals surface area contributed by atoms with Crippen LogP contribution in [0.2, 0.25) is 0 Å². The van der Waals surface area contributed by atoms with Crippen LogP contribution >= 0.6 is 0 Å². The molecule has 2 aromatic rings. The Morgan fingerprint density at radius 2 is 1.90 bits per heavy atom.